The van der Waals surface area contributed by atoms with E-state index in [2.05, 4.69) is 9.88 Å². The normalized spacial score (nSPS) is 20.0. The van der Waals surface area contributed by atoms with Gasteiger partial charge in [-0.2, -0.15) is 0 Å². The van der Waals surface area contributed by atoms with Gasteiger partial charge in [0.25, 0.3) is 0 Å². The van der Waals surface area contributed by atoms with Crippen LogP contribution in [0.1, 0.15) is 29.5 Å². The van der Waals surface area contributed by atoms with E-state index >= 15 is 0 Å². The quantitative estimate of drug-likeness (QED) is 0.525. The third-order valence-electron chi connectivity index (χ3n) is 7.47. The first-order valence-electron chi connectivity index (χ1n) is 12.5. The first-order chi connectivity index (χ1) is 17.9. The van der Waals surface area contributed by atoms with Gasteiger partial charge in [0.05, 0.1) is 17.6 Å². The minimum atomic E-state index is -1.23. The van der Waals surface area contributed by atoms with Crippen molar-refractivity contribution in [3.63, 3.8) is 0 Å². The van der Waals surface area contributed by atoms with Gasteiger partial charge in [-0.1, -0.05) is 36.4 Å². The van der Waals surface area contributed by atoms with Gasteiger partial charge in [-0.05, 0) is 47.9 Å². The van der Waals surface area contributed by atoms with Crippen LogP contribution in [0, 0.1) is 6.92 Å². The Balaban J connectivity index is 1.38. The molecule has 3 heterocycles. The van der Waals surface area contributed by atoms with E-state index in [9.17, 15) is 19.5 Å². The van der Waals surface area contributed by atoms with Gasteiger partial charge in [-0.3, -0.25) is 24.3 Å². The number of aromatic hydroxyl groups is 1. The molecular formula is C29H30N4O4. The number of likely N-dealkylation sites (tertiary alicyclic amines) is 1. The average Bonchev–Trinajstić information content (AvgIpc) is 3.14. The Morgan fingerprint density at radius 3 is 2.32 bits per heavy atom. The van der Waals surface area contributed by atoms with Gasteiger partial charge in [0.2, 0.25) is 17.7 Å². The minimum Gasteiger partial charge on any atom is -0.506 e. The van der Waals surface area contributed by atoms with Crippen molar-refractivity contribution in [3.05, 3.63) is 89.7 Å². The number of aryl methyl sites for hydroxylation is 1. The Kier molecular flexibility index (Phi) is 6.65. The molecule has 1 aromatic heterocycles. The molecular weight excluding hydrogens is 468 g/mol. The number of rotatable bonds is 6. The van der Waals surface area contributed by atoms with Crippen LogP contribution in [0.25, 0.3) is 0 Å². The molecule has 0 spiro atoms. The molecule has 2 saturated heterocycles. The molecule has 0 unspecified atom stereocenters. The lowest BCUT2D eigenvalue weighted by Crippen LogP contribution is -2.51. The third kappa shape index (κ3) is 4.67. The second-order valence-electron chi connectivity index (χ2n) is 9.75. The van der Waals surface area contributed by atoms with Crippen molar-refractivity contribution in [1.82, 2.24) is 14.8 Å². The maximum absolute atomic E-state index is 14.0. The van der Waals surface area contributed by atoms with Crippen molar-refractivity contribution in [2.75, 3.05) is 31.1 Å². The molecule has 2 aromatic carbocycles. The maximum Gasteiger partial charge on any atom is 0.241 e. The number of carbonyl (C=O) groups is 3. The summed E-state index contributed by atoms with van der Waals surface area (Å²) in [6.07, 6.45) is 3.16. The van der Waals surface area contributed by atoms with E-state index in [1.165, 1.54) is 4.90 Å². The van der Waals surface area contributed by atoms with Crippen LogP contribution in [0.4, 0.5) is 5.69 Å². The van der Waals surface area contributed by atoms with Gasteiger partial charge >= 0.3 is 0 Å². The van der Waals surface area contributed by atoms with Crippen molar-refractivity contribution in [3.8, 4) is 5.75 Å². The minimum absolute atomic E-state index is 0.0363. The van der Waals surface area contributed by atoms with Crippen LogP contribution in [0.5, 0.6) is 5.75 Å². The van der Waals surface area contributed by atoms with Crippen molar-refractivity contribution < 1.29 is 19.5 Å². The topological polar surface area (TPSA) is 94.1 Å². The van der Waals surface area contributed by atoms with Gasteiger partial charge in [0.1, 0.15) is 5.75 Å². The number of carbonyl (C=O) groups excluding carboxylic acids is 3. The first kappa shape index (κ1) is 24.5. The molecule has 0 aliphatic carbocycles. The molecule has 3 aromatic rings. The van der Waals surface area contributed by atoms with Crippen LogP contribution in [0.3, 0.4) is 0 Å². The van der Waals surface area contributed by atoms with Gasteiger partial charge < -0.3 is 14.9 Å². The van der Waals surface area contributed by atoms with Gasteiger partial charge in [0, 0.05) is 51.4 Å². The maximum atomic E-state index is 14.0. The van der Waals surface area contributed by atoms with Crippen LogP contribution in [0.2, 0.25) is 0 Å². The number of benzene rings is 2. The fraction of sp³-hybridized carbons (Fsp3) is 0.310. The van der Waals surface area contributed by atoms with E-state index < -0.39 is 5.41 Å². The number of aromatic nitrogens is 1. The van der Waals surface area contributed by atoms with Crippen LogP contribution in [-0.4, -0.2) is 63.8 Å². The monoisotopic (exact) mass is 498 g/mol. The number of phenols is 1. The van der Waals surface area contributed by atoms with Crippen LogP contribution < -0.4 is 4.90 Å². The Hall–Kier alpha value is -4.20. The summed E-state index contributed by atoms with van der Waals surface area (Å²) in [5.41, 5.74) is 1.93. The Morgan fingerprint density at radius 1 is 0.946 bits per heavy atom. The standard InChI is InChI=1S/C29H30N4O4/c1-21-6-2-3-7-23(21)29(19-27(36)33(28(29)37)20-22-10-12-30-13-11-22)18-26(35)32-16-14-31(15-17-32)24-8-4-5-9-25(24)34/h2-13,34H,14-20H2,1H3/t29-/m1/s1. The lowest BCUT2D eigenvalue weighted by Gasteiger charge is -2.38. The molecule has 1 N–H and O–H groups in total. The number of phenolic OH excluding ortho intramolecular Hbond substituents is 1. The van der Waals surface area contributed by atoms with Crippen molar-refractivity contribution in [1.29, 1.82) is 0 Å². The summed E-state index contributed by atoms with van der Waals surface area (Å²) in [4.78, 5) is 49.9. The molecule has 2 aliphatic heterocycles. The highest BCUT2D eigenvalue weighted by Gasteiger charge is 2.54. The number of pyridine rings is 1. The number of para-hydroxylation sites is 2. The molecule has 2 aliphatic rings. The summed E-state index contributed by atoms with van der Waals surface area (Å²) in [6.45, 7) is 4.15. The summed E-state index contributed by atoms with van der Waals surface area (Å²) in [7, 11) is 0. The molecule has 2 fully saturated rings. The molecule has 0 radical (unpaired) electrons. The first-order valence-corrected chi connectivity index (χ1v) is 12.5. The predicted octanol–water partition coefficient (Wildman–Crippen LogP) is 3.03. The zero-order valence-corrected chi connectivity index (χ0v) is 20.8. The highest BCUT2D eigenvalue weighted by molar-refractivity contribution is 6.10. The number of nitrogens with zero attached hydrogens (tertiary/aromatic N) is 4. The van der Waals surface area contributed by atoms with Crippen LogP contribution in [0.15, 0.2) is 73.1 Å². The van der Waals surface area contributed by atoms with Crippen molar-refractivity contribution >= 4 is 23.4 Å². The highest BCUT2D eigenvalue weighted by Crippen LogP contribution is 2.42. The Morgan fingerprint density at radius 2 is 1.62 bits per heavy atom. The highest BCUT2D eigenvalue weighted by atomic mass is 16.3. The number of amides is 3. The summed E-state index contributed by atoms with van der Waals surface area (Å²) < 4.78 is 0. The number of imide groups is 1. The van der Waals surface area contributed by atoms with E-state index in [1.54, 1.807) is 41.6 Å². The molecule has 190 valence electrons. The van der Waals surface area contributed by atoms with Gasteiger partial charge in [0.15, 0.2) is 0 Å². The number of anilines is 1. The van der Waals surface area contributed by atoms with E-state index in [-0.39, 0.29) is 42.9 Å². The average molecular weight is 499 g/mol. The zero-order valence-electron chi connectivity index (χ0n) is 20.8. The van der Waals surface area contributed by atoms with Gasteiger partial charge in [-0.15, -0.1) is 0 Å². The van der Waals surface area contributed by atoms with Crippen molar-refractivity contribution in [2.24, 2.45) is 0 Å². The number of hydrogen-bond donors (Lipinski definition) is 1. The molecule has 8 heteroatoms. The molecule has 0 bridgehead atoms. The van der Waals surface area contributed by atoms with Crippen LogP contribution in [-0.2, 0) is 26.3 Å². The predicted molar refractivity (Wildman–Crippen MR) is 139 cm³/mol. The second kappa shape index (κ2) is 10.0. The SMILES string of the molecule is Cc1ccccc1[C@@]1(CC(=O)N2CCN(c3ccccc3O)CC2)CC(=O)N(Cc2ccncc2)C1=O. The summed E-state index contributed by atoms with van der Waals surface area (Å²) >= 11 is 0. The number of piperazine rings is 1. The lowest BCUT2D eigenvalue weighted by atomic mass is 9.74. The molecule has 37 heavy (non-hydrogen) atoms. The van der Waals surface area contributed by atoms with E-state index in [1.807, 2.05) is 43.3 Å². The van der Waals surface area contributed by atoms with Crippen LogP contribution >= 0.6 is 0 Å². The number of hydrogen-bond acceptors (Lipinski definition) is 6. The fourth-order valence-corrected chi connectivity index (χ4v) is 5.48. The van der Waals surface area contributed by atoms with Crippen molar-refractivity contribution in [2.45, 2.75) is 31.7 Å². The Bertz CT molecular complexity index is 1320. The lowest BCUT2D eigenvalue weighted by molar-refractivity contribution is -0.143. The Labute approximate surface area is 216 Å². The summed E-state index contributed by atoms with van der Waals surface area (Å²) in [6, 6.07) is 18.2. The third-order valence-corrected chi connectivity index (χ3v) is 7.47. The van der Waals surface area contributed by atoms with E-state index in [4.69, 9.17) is 0 Å². The molecule has 1 atom stereocenters. The van der Waals surface area contributed by atoms with Gasteiger partial charge in [-0.25, -0.2) is 0 Å². The summed E-state index contributed by atoms with van der Waals surface area (Å²) in [5.74, 6) is -0.538. The fourth-order valence-electron chi connectivity index (χ4n) is 5.48. The largest absolute Gasteiger partial charge is 0.506 e. The zero-order chi connectivity index (χ0) is 26.0. The van der Waals surface area contributed by atoms with E-state index in [0.717, 1.165) is 22.4 Å². The molecule has 8 nitrogen and oxygen atoms in total. The molecule has 3 amide bonds. The second-order valence-corrected chi connectivity index (χ2v) is 9.75. The summed E-state index contributed by atoms with van der Waals surface area (Å²) in [5, 5.41) is 10.2. The van der Waals surface area contributed by atoms with E-state index in [0.29, 0.717) is 26.2 Å². The molecule has 5 rings (SSSR count). The molecule has 0 saturated carbocycles. The smallest absolute Gasteiger partial charge is 0.241 e.